The van der Waals surface area contributed by atoms with E-state index in [0.29, 0.717) is 15.8 Å². The number of amidine groups is 1. The lowest BCUT2D eigenvalue weighted by Crippen LogP contribution is -2.19. The van der Waals surface area contributed by atoms with Crippen LogP contribution < -0.4 is 5.32 Å². The quantitative estimate of drug-likeness (QED) is 0.835. The summed E-state index contributed by atoms with van der Waals surface area (Å²) in [7, 11) is 0. The molecule has 22 heavy (non-hydrogen) atoms. The first kappa shape index (κ1) is 14.3. The second-order valence-corrected chi connectivity index (χ2v) is 5.58. The summed E-state index contributed by atoms with van der Waals surface area (Å²) < 4.78 is 12.9. The summed E-state index contributed by atoms with van der Waals surface area (Å²) in [4.78, 5) is 16.6. The summed E-state index contributed by atoms with van der Waals surface area (Å²) in [5.74, 6) is -0.469. The summed E-state index contributed by atoms with van der Waals surface area (Å²) in [6.45, 7) is 0. The van der Waals surface area contributed by atoms with Crippen LogP contribution in [-0.2, 0) is 4.79 Å². The molecule has 0 aliphatic carbocycles. The Balaban J connectivity index is 1.82. The van der Waals surface area contributed by atoms with Gasteiger partial charge in [-0.05, 0) is 47.7 Å². The van der Waals surface area contributed by atoms with E-state index in [4.69, 9.17) is 0 Å². The number of benzene rings is 2. The van der Waals surface area contributed by atoms with Crippen LogP contribution in [0.2, 0.25) is 0 Å². The first-order chi connectivity index (χ1) is 10.6. The van der Waals surface area contributed by atoms with E-state index in [1.54, 1.807) is 36.4 Å². The number of nitrogens with one attached hydrogen (secondary N) is 1. The Morgan fingerprint density at radius 2 is 1.95 bits per heavy atom. The molecule has 1 fully saturated rings. The number of rotatable bonds is 2. The Morgan fingerprint density at radius 1 is 1.18 bits per heavy atom. The van der Waals surface area contributed by atoms with Crippen LogP contribution in [0.1, 0.15) is 5.56 Å². The van der Waals surface area contributed by atoms with Gasteiger partial charge in [0.2, 0.25) is 0 Å². The number of carbonyl (C=O) groups is 1. The van der Waals surface area contributed by atoms with Crippen molar-refractivity contribution in [3.05, 3.63) is 64.8 Å². The lowest BCUT2D eigenvalue weighted by molar-refractivity contribution is -0.115. The molecule has 1 aliphatic rings. The highest BCUT2D eigenvalue weighted by Gasteiger charge is 2.23. The third kappa shape index (κ3) is 3.35. The van der Waals surface area contributed by atoms with E-state index >= 15 is 0 Å². The van der Waals surface area contributed by atoms with Gasteiger partial charge in [-0.2, -0.15) is 0 Å². The van der Waals surface area contributed by atoms with Gasteiger partial charge in [0.25, 0.3) is 5.91 Å². The van der Waals surface area contributed by atoms with E-state index in [1.165, 1.54) is 30.0 Å². The van der Waals surface area contributed by atoms with E-state index in [2.05, 4.69) is 10.3 Å². The predicted molar refractivity (Wildman–Crippen MR) is 85.3 cm³/mol. The van der Waals surface area contributed by atoms with Gasteiger partial charge in [-0.3, -0.25) is 4.79 Å². The third-order valence-electron chi connectivity index (χ3n) is 2.88. The molecule has 0 radical (unpaired) electrons. The zero-order chi connectivity index (χ0) is 15.5. The number of hydrogen-bond acceptors (Lipinski definition) is 4. The first-order valence-corrected chi connectivity index (χ1v) is 7.26. The lowest BCUT2D eigenvalue weighted by atomic mass is 10.2. The van der Waals surface area contributed by atoms with Gasteiger partial charge in [-0.25, -0.2) is 9.38 Å². The van der Waals surface area contributed by atoms with Gasteiger partial charge in [-0.15, -0.1) is 0 Å². The Kier molecular flexibility index (Phi) is 3.93. The molecule has 4 nitrogen and oxygen atoms in total. The molecule has 3 rings (SSSR count). The van der Waals surface area contributed by atoms with Crippen LogP contribution >= 0.6 is 11.8 Å². The van der Waals surface area contributed by atoms with Crippen molar-refractivity contribution in [2.75, 3.05) is 0 Å². The van der Waals surface area contributed by atoms with E-state index in [0.717, 1.165) is 5.56 Å². The van der Waals surface area contributed by atoms with Crippen molar-refractivity contribution in [1.29, 1.82) is 0 Å². The maximum absolute atomic E-state index is 12.9. The second kappa shape index (κ2) is 6.03. The number of aliphatic imine (C=N–C) groups is 1. The fourth-order valence-electron chi connectivity index (χ4n) is 1.87. The van der Waals surface area contributed by atoms with Crippen molar-refractivity contribution in [1.82, 2.24) is 5.32 Å². The number of halogens is 1. The van der Waals surface area contributed by atoms with Gasteiger partial charge in [0.1, 0.15) is 11.6 Å². The number of thioether (sulfide) groups is 1. The minimum atomic E-state index is -0.322. The molecule has 1 amide bonds. The average Bonchev–Trinajstić information content (AvgIpc) is 2.81. The fourth-order valence-corrected chi connectivity index (χ4v) is 2.71. The Hall–Kier alpha value is -2.60. The van der Waals surface area contributed by atoms with E-state index in [-0.39, 0.29) is 17.5 Å². The molecule has 110 valence electrons. The van der Waals surface area contributed by atoms with E-state index in [9.17, 15) is 14.3 Å². The van der Waals surface area contributed by atoms with Gasteiger partial charge < -0.3 is 10.4 Å². The number of nitrogens with zero attached hydrogens (tertiary/aromatic N) is 1. The van der Waals surface area contributed by atoms with Crippen molar-refractivity contribution in [3.8, 4) is 5.75 Å². The molecular formula is C16H11FN2O2S. The molecular weight excluding hydrogens is 303 g/mol. The average molecular weight is 314 g/mol. The molecule has 1 heterocycles. The molecule has 6 heteroatoms. The SMILES string of the molecule is O=C1NC(=Nc2cccc(O)c2)S/C1=C/c1ccc(F)cc1. The molecule has 0 atom stereocenters. The van der Waals surface area contributed by atoms with Crippen molar-refractivity contribution in [2.45, 2.75) is 0 Å². The van der Waals surface area contributed by atoms with Crippen LogP contribution in [0.15, 0.2) is 58.4 Å². The maximum atomic E-state index is 12.9. The summed E-state index contributed by atoms with van der Waals surface area (Å²) in [6, 6.07) is 12.3. The van der Waals surface area contributed by atoms with E-state index < -0.39 is 0 Å². The van der Waals surface area contributed by atoms with Gasteiger partial charge >= 0.3 is 0 Å². The van der Waals surface area contributed by atoms with Crippen LogP contribution in [0.3, 0.4) is 0 Å². The molecule has 2 aromatic rings. The number of aromatic hydroxyl groups is 1. The molecule has 1 aliphatic heterocycles. The summed E-state index contributed by atoms with van der Waals surface area (Å²) in [5, 5.41) is 12.5. The highest BCUT2D eigenvalue weighted by molar-refractivity contribution is 8.18. The van der Waals surface area contributed by atoms with Crippen molar-refractivity contribution < 1.29 is 14.3 Å². The maximum Gasteiger partial charge on any atom is 0.264 e. The molecule has 1 saturated heterocycles. The van der Waals surface area contributed by atoms with Crippen molar-refractivity contribution in [2.24, 2.45) is 4.99 Å². The largest absolute Gasteiger partial charge is 0.508 e. The van der Waals surface area contributed by atoms with Gasteiger partial charge in [0.05, 0.1) is 10.6 Å². The van der Waals surface area contributed by atoms with E-state index in [1.807, 2.05) is 0 Å². The Labute approximate surface area is 130 Å². The standard InChI is InChI=1S/C16H11FN2O2S/c17-11-6-4-10(5-7-11)8-14-15(21)19-16(22-14)18-12-2-1-3-13(20)9-12/h1-9,20H,(H,18,19,21)/b14-8+. The lowest BCUT2D eigenvalue weighted by Gasteiger charge is -1.97. The topological polar surface area (TPSA) is 61.7 Å². The second-order valence-electron chi connectivity index (χ2n) is 4.55. The molecule has 0 unspecified atom stereocenters. The molecule has 2 aromatic carbocycles. The molecule has 0 spiro atoms. The summed E-state index contributed by atoms with van der Waals surface area (Å²) >= 11 is 1.19. The normalized spacial score (nSPS) is 18.0. The molecule has 0 bridgehead atoms. The summed E-state index contributed by atoms with van der Waals surface area (Å²) in [5.41, 5.74) is 1.28. The van der Waals surface area contributed by atoms with Gasteiger partial charge in [0.15, 0.2) is 5.17 Å². The van der Waals surface area contributed by atoms with Crippen molar-refractivity contribution in [3.63, 3.8) is 0 Å². The number of phenols is 1. The first-order valence-electron chi connectivity index (χ1n) is 6.44. The molecule has 0 aromatic heterocycles. The third-order valence-corrected chi connectivity index (χ3v) is 3.79. The molecule has 2 N–H and O–H groups in total. The molecule has 0 saturated carbocycles. The number of hydrogen-bond donors (Lipinski definition) is 2. The monoisotopic (exact) mass is 314 g/mol. The highest BCUT2D eigenvalue weighted by Crippen LogP contribution is 2.28. The van der Waals surface area contributed by atoms with Crippen LogP contribution in [0.25, 0.3) is 6.08 Å². The van der Waals surface area contributed by atoms with Gasteiger partial charge in [0, 0.05) is 6.07 Å². The Bertz CT molecular complexity index is 785. The van der Waals surface area contributed by atoms with Crippen molar-refractivity contribution >= 4 is 34.6 Å². The zero-order valence-electron chi connectivity index (χ0n) is 11.3. The van der Waals surface area contributed by atoms with Crippen LogP contribution in [0, 0.1) is 5.82 Å². The van der Waals surface area contributed by atoms with Gasteiger partial charge in [-0.1, -0.05) is 18.2 Å². The number of phenolic OH excluding ortho intramolecular Hbond substituents is 1. The minimum absolute atomic E-state index is 0.109. The smallest absolute Gasteiger partial charge is 0.264 e. The summed E-state index contributed by atoms with van der Waals surface area (Å²) in [6.07, 6.45) is 1.67. The van der Waals surface area contributed by atoms with Crippen LogP contribution in [-0.4, -0.2) is 16.2 Å². The Morgan fingerprint density at radius 3 is 2.68 bits per heavy atom. The zero-order valence-corrected chi connectivity index (χ0v) is 12.1. The van der Waals surface area contributed by atoms with Crippen LogP contribution in [0.4, 0.5) is 10.1 Å². The highest BCUT2D eigenvalue weighted by atomic mass is 32.2. The number of carbonyl (C=O) groups excluding carboxylic acids is 1. The minimum Gasteiger partial charge on any atom is -0.508 e. The predicted octanol–water partition coefficient (Wildman–Crippen LogP) is 3.42. The fraction of sp³-hybridized carbons (Fsp3) is 0. The number of amides is 1. The van der Waals surface area contributed by atoms with Crippen LogP contribution in [0.5, 0.6) is 5.75 Å².